The van der Waals surface area contributed by atoms with Gasteiger partial charge >= 0.3 is 6.18 Å². The molecule has 0 saturated heterocycles. The molecule has 1 aromatic heterocycles. The summed E-state index contributed by atoms with van der Waals surface area (Å²) in [4.78, 5) is 13.8. The molecule has 24 heavy (non-hydrogen) atoms. The number of halogens is 3. The van der Waals surface area contributed by atoms with Crippen molar-refractivity contribution < 1.29 is 17.9 Å². The third kappa shape index (κ3) is 4.35. The maximum Gasteiger partial charge on any atom is 0.416 e. The van der Waals surface area contributed by atoms with Crippen LogP contribution >= 0.6 is 0 Å². The van der Waals surface area contributed by atoms with Gasteiger partial charge in [-0.15, -0.1) is 5.10 Å². The fourth-order valence-electron chi connectivity index (χ4n) is 2.03. The number of alkyl halides is 3. The Bertz CT molecular complexity index is 770. The lowest BCUT2D eigenvalue weighted by Crippen LogP contribution is -2.23. The third-order valence-electron chi connectivity index (χ3n) is 3.27. The highest BCUT2D eigenvalue weighted by molar-refractivity contribution is 5.38. The molecule has 1 aromatic carbocycles. The molecule has 0 saturated carbocycles. The average molecular weight is 341 g/mol. The van der Waals surface area contributed by atoms with Gasteiger partial charge in [-0.1, -0.05) is 6.07 Å². The molecule has 5 nitrogen and oxygen atoms in total. The number of hydrogen-bond donors (Lipinski definition) is 0. The number of nitrogens with zero attached hydrogens (tertiary/aromatic N) is 3. The highest BCUT2D eigenvalue weighted by atomic mass is 19.4. The van der Waals surface area contributed by atoms with Crippen LogP contribution in [-0.4, -0.2) is 41.9 Å². The van der Waals surface area contributed by atoms with Gasteiger partial charge < -0.3 is 9.64 Å². The Balaban J connectivity index is 2.38. The van der Waals surface area contributed by atoms with Crippen LogP contribution in [0.2, 0.25) is 0 Å². The Morgan fingerprint density at radius 3 is 2.58 bits per heavy atom. The van der Waals surface area contributed by atoms with Crippen LogP contribution in [0.15, 0.2) is 35.1 Å². The van der Waals surface area contributed by atoms with Crippen LogP contribution in [0.1, 0.15) is 11.3 Å². The molecule has 0 amide bonds. The fourth-order valence-corrected chi connectivity index (χ4v) is 2.03. The molecule has 8 heteroatoms. The number of ether oxygens (including phenoxy) is 1. The van der Waals surface area contributed by atoms with Gasteiger partial charge in [-0.3, -0.25) is 4.79 Å². The number of aryl methyl sites for hydroxylation is 1. The van der Waals surface area contributed by atoms with Crippen molar-refractivity contribution in [2.45, 2.75) is 13.1 Å². The maximum absolute atomic E-state index is 12.9. The van der Waals surface area contributed by atoms with E-state index < -0.39 is 17.2 Å². The first kappa shape index (κ1) is 18.0. The fraction of sp³-hybridized carbons (Fsp3) is 0.375. The summed E-state index contributed by atoms with van der Waals surface area (Å²) in [5.74, 6) is -0.139. The molecule has 0 bridgehead atoms. The van der Waals surface area contributed by atoms with Crippen molar-refractivity contribution in [2.75, 3.05) is 27.2 Å². The first-order valence-corrected chi connectivity index (χ1v) is 7.24. The van der Waals surface area contributed by atoms with Gasteiger partial charge in [0, 0.05) is 18.3 Å². The molecule has 0 unspecified atom stereocenters. The molecule has 130 valence electrons. The minimum absolute atomic E-state index is 0.139. The minimum Gasteiger partial charge on any atom is -0.473 e. The lowest BCUT2D eigenvalue weighted by Gasteiger charge is -2.14. The van der Waals surface area contributed by atoms with Crippen molar-refractivity contribution in [3.05, 3.63) is 51.8 Å². The molecular weight excluding hydrogens is 323 g/mol. The zero-order valence-electron chi connectivity index (χ0n) is 13.6. The van der Waals surface area contributed by atoms with E-state index in [0.29, 0.717) is 12.2 Å². The Hall–Kier alpha value is -2.35. The van der Waals surface area contributed by atoms with Gasteiger partial charge in [-0.05, 0) is 39.2 Å². The molecule has 0 radical (unpaired) electrons. The van der Waals surface area contributed by atoms with Crippen molar-refractivity contribution in [1.82, 2.24) is 14.7 Å². The largest absolute Gasteiger partial charge is 0.473 e. The Labute approximate surface area is 137 Å². The van der Waals surface area contributed by atoms with Crippen LogP contribution in [-0.2, 0) is 6.18 Å². The van der Waals surface area contributed by atoms with E-state index in [1.54, 1.807) is 6.92 Å². The molecule has 0 N–H and O–H groups in total. The van der Waals surface area contributed by atoms with Crippen molar-refractivity contribution >= 4 is 0 Å². The lowest BCUT2D eigenvalue weighted by atomic mass is 10.2. The third-order valence-corrected chi connectivity index (χ3v) is 3.27. The topological polar surface area (TPSA) is 47.4 Å². The lowest BCUT2D eigenvalue weighted by molar-refractivity contribution is -0.137. The normalized spacial score (nSPS) is 11.8. The zero-order valence-corrected chi connectivity index (χ0v) is 13.6. The van der Waals surface area contributed by atoms with E-state index in [1.807, 2.05) is 19.0 Å². The number of rotatable bonds is 5. The van der Waals surface area contributed by atoms with E-state index in [2.05, 4.69) is 5.10 Å². The Morgan fingerprint density at radius 1 is 1.25 bits per heavy atom. The van der Waals surface area contributed by atoms with Crippen LogP contribution in [0.4, 0.5) is 13.2 Å². The quantitative estimate of drug-likeness (QED) is 0.838. The average Bonchev–Trinajstić information content (AvgIpc) is 2.48. The Morgan fingerprint density at radius 2 is 1.96 bits per heavy atom. The van der Waals surface area contributed by atoms with Crippen LogP contribution in [0.5, 0.6) is 5.88 Å². The summed E-state index contributed by atoms with van der Waals surface area (Å²) in [7, 11) is 3.71. The van der Waals surface area contributed by atoms with E-state index in [-0.39, 0.29) is 18.2 Å². The second-order valence-electron chi connectivity index (χ2n) is 5.57. The van der Waals surface area contributed by atoms with Crippen molar-refractivity contribution in [3.63, 3.8) is 0 Å². The van der Waals surface area contributed by atoms with Gasteiger partial charge in [0.15, 0.2) is 0 Å². The van der Waals surface area contributed by atoms with E-state index in [9.17, 15) is 18.0 Å². The second-order valence-corrected chi connectivity index (χ2v) is 5.57. The standard InChI is InChI=1S/C16H18F3N3O2/c1-11-9-14(23)15(24-8-7-21(2)3)20-22(11)13-6-4-5-12(10-13)16(17,18)19/h4-6,9-10H,7-8H2,1-3H3. The van der Waals surface area contributed by atoms with E-state index in [0.717, 1.165) is 12.1 Å². The van der Waals surface area contributed by atoms with Crippen molar-refractivity contribution in [3.8, 4) is 11.6 Å². The summed E-state index contributed by atoms with van der Waals surface area (Å²) in [6, 6.07) is 6.04. The summed E-state index contributed by atoms with van der Waals surface area (Å²) in [5.41, 5.74) is -0.566. The zero-order chi connectivity index (χ0) is 17.9. The highest BCUT2D eigenvalue weighted by Gasteiger charge is 2.30. The molecule has 1 heterocycles. The van der Waals surface area contributed by atoms with E-state index in [1.165, 1.54) is 22.9 Å². The summed E-state index contributed by atoms with van der Waals surface area (Å²) in [6.07, 6.45) is -4.45. The van der Waals surface area contributed by atoms with Crippen molar-refractivity contribution in [2.24, 2.45) is 0 Å². The molecule has 2 aromatic rings. The van der Waals surface area contributed by atoms with Gasteiger partial charge in [0.1, 0.15) is 6.61 Å². The number of likely N-dealkylation sites (N-methyl/N-ethyl adjacent to an activating group) is 1. The minimum atomic E-state index is -4.45. The van der Waals surface area contributed by atoms with Gasteiger partial charge in [0.05, 0.1) is 11.3 Å². The van der Waals surface area contributed by atoms with Crippen molar-refractivity contribution in [1.29, 1.82) is 0 Å². The number of aromatic nitrogens is 2. The van der Waals surface area contributed by atoms with Crippen LogP contribution in [0, 0.1) is 6.92 Å². The first-order chi connectivity index (χ1) is 11.2. The molecule has 0 aliphatic rings. The molecule has 0 spiro atoms. The molecule has 0 atom stereocenters. The molecule has 0 aliphatic carbocycles. The monoisotopic (exact) mass is 341 g/mol. The van der Waals surface area contributed by atoms with Gasteiger partial charge in [0.25, 0.3) is 5.88 Å². The van der Waals surface area contributed by atoms with Crippen LogP contribution < -0.4 is 10.2 Å². The molecule has 0 fully saturated rings. The Kier molecular flexibility index (Phi) is 5.28. The molecular formula is C16H18F3N3O2. The first-order valence-electron chi connectivity index (χ1n) is 7.24. The van der Waals surface area contributed by atoms with E-state index in [4.69, 9.17) is 4.74 Å². The van der Waals surface area contributed by atoms with Gasteiger partial charge in [-0.25, -0.2) is 4.68 Å². The number of benzene rings is 1. The maximum atomic E-state index is 12.9. The van der Waals surface area contributed by atoms with Crippen LogP contribution in [0.3, 0.4) is 0 Å². The number of hydrogen-bond acceptors (Lipinski definition) is 4. The van der Waals surface area contributed by atoms with Crippen LogP contribution in [0.25, 0.3) is 5.69 Å². The molecule has 2 rings (SSSR count). The predicted molar refractivity (Wildman–Crippen MR) is 83.6 cm³/mol. The highest BCUT2D eigenvalue weighted by Crippen LogP contribution is 2.30. The van der Waals surface area contributed by atoms with Gasteiger partial charge in [-0.2, -0.15) is 13.2 Å². The van der Waals surface area contributed by atoms with E-state index >= 15 is 0 Å². The predicted octanol–water partition coefficient (Wildman–Crippen LogP) is 2.50. The summed E-state index contributed by atoms with van der Waals surface area (Å²) < 4.78 is 45.2. The summed E-state index contributed by atoms with van der Waals surface area (Å²) in [6.45, 7) is 2.43. The summed E-state index contributed by atoms with van der Waals surface area (Å²) in [5, 5.41) is 4.06. The van der Waals surface area contributed by atoms with Gasteiger partial charge in [0.2, 0.25) is 5.43 Å². The SMILES string of the molecule is Cc1cc(=O)c(OCCN(C)C)nn1-c1cccc(C(F)(F)F)c1. The second kappa shape index (κ2) is 7.04. The smallest absolute Gasteiger partial charge is 0.416 e. The summed E-state index contributed by atoms with van der Waals surface area (Å²) >= 11 is 0. The molecule has 0 aliphatic heterocycles.